The first kappa shape index (κ1) is 23.8. The minimum atomic E-state index is -0.621. The van der Waals surface area contributed by atoms with E-state index in [1.54, 1.807) is 6.92 Å². The van der Waals surface area contributed by atoms with E-state index in [-0.39, 0.29) is 11.4 Å². The fourth-order valence-corrected chi connectivity index (χ4v) is 5.77. The number of aryl methyl sites for hydroxylation is 2. The van der Waals surface area contributed by atoms with Crippen LogP contribution in [-0.4, -0.2) is 51.5 Å². The molecule has 1 N–H and O–H groups in total. The van der Waals surface area contributed by atoms with Gasteiger partial charge in [-0.15, -0.1) is 0 Å². The summed E-state index contributed by atoms with van der Waals surface area (Å²) < 4.78 is 19.6. The quantitative estimate of drug-likeness (QED) is 0.530. The number of pyridine rings is 3. The molecular weight excluding hydrogens is 469 g/mol. The number of carbonyl (C=O) groups excluding carboxylic acids is 1. The van der Waals surface area contributed by atoms with Gasteiger partial charge in [0.15, 0.2) is 0 Å². The van der Waals surface area contributed by atoms with Gasteiger partial charge in [-0.25, -0.2) is 14.4 Å². The van der Waals surface area contributed by atoms with Crippen LogP contribution in [0.4, 0.5) is 10.2 Å². The van der Waals surface area contributed by atoms with Crippen molar-refractivity contribution >= 4 is 11.7 Å². The minimum absolute atomic E-state index is 0.0863. The van der Waals surface area contributed by atoms with E-state index in [1.807, 2.05) is 18.0 Å². The lowest BCUT2D eigenvalue weighted by Gasteiger charge is -2.36. The zero-order valence-corrected chi connectivity index (χ0v) is 21.6. The Labute approximate surface area is 216 Å². The number of hydrogen-bond donors (Lipinski definition) is 1. The number of anilines is 1. The molecule has 8 heteroatoms. The van der Waals surface area contributed by atoms with Crippen LogP contribution in [0.1, 0.15) is 66.8 Å². The summed E-state index contributed by atoms with van der Waals surface area (Å²) in [6.07, 6.45) is 8.29. The van der Waals surface area contributed by atoms with Crippen LogP contribution in [0, 0.1) is 12.7 Å². The van der Waals surface area contributed by atoms with Crippen molar-refractivity contribution in [2.75, 3.05) is 25.5 Å². The SMILES string of the molecule is COc1cc([C@@H](C)C(=O)N2CC[C@@]3(CCc4cc(-c5ccc(C6CC6)cn5)c(C)nc4N3)C2)c(F)cn1. The summed E-state index contributed by atoms with van der Waals surface area (Å²) in [7, 11) is 1.48. The van der Waals surface area contributed by atoms with E-state index in [0.717, 1.165) is 48.2 Å². The molecule has 2 atom stereocenters. The average Bonchev–Trinajstić information content (AvgIpc) is 3.69. The highest BCUT2D eigenvalue weighted by atomic mass is 19.1. The number of methoxy groups -OCH3 is 1. The minimum Gasteiger partial charge on any atom is -0.481 e. The van der Waals surface area contributed by atoms with Crippen molar-refractivity contribution in [2.24, 2.45) is 0 Å². The number of carbonyl (C=O) groups is 1. The van der Waals surface area contributed by atoms with E-state index in [9.17, 15) is 9.18 Å². The van der Waals surface area contributed by atoms with E-state index in [0.29, 0.717) is 30.5 Å². The van der Waals surface area contributed by atoms with Gasteiger partial charge in [-0.1, -0.05) is 6.07 Å². The summed E-state index contributed by atoms with van der Waals surface area (Å²) in [4.78, 5) is 28.8. The monoisotopic (exact) mass is 501 g/mol. The maximum Gasteiger partial charge on any atom is 0.230 e. The number of aromatic nitrogens is 3. The number of halogens is 1. The topological polar surface area (TPSA) is 80.2 Å². The molecule has 5 heterocycles. The van der Waals surface area contributed by atoms with Gasteiger partial charge in [-0.2, -0.15) is 0 Å². The highest BCUT2D eigenvalue weighted by Crippen LogP contribution is 2.41. The molecule has 1 saturated carbocycles. The summed E-state index contributed by atoms with van der Waals surface area (Å²) in [5.74, 6) is 0.690. The Hall–Kier alpha value is -3.55. The molecule has 1 amide bonds. The molecule has 0 aromatic carbocycles. The Kier molecular flexibility index (Phi) is 5.85. The van der Waals surface area contributed by atoms with Gasteiger partial charge in [0, 0.05) is 42.2 Å². The smallest absolute Gasteiger partial charge is 0.230 e. The maximum absolute atomic E-state index is 14.5. The van der Waals surface area contributed by atoms with Gasteiger partial charge >= 0.3 is 0 Å². The molecule has 1 saturated heterocycles. The molecule has 37 heavy (non-hydrogen) atoms. The predicted molar refractivity (Wildman–Crippen MR) is 139 cm³/mol. The van der Waals surface area contributed by atoms with Crippen LogP contribution in [0.5, 0.6) is 5.88 Å². The molecule has 2 fully saturated rings. The van der Waals surface area contributed by atoms with Crippen LogP contribution < -0.4 is 10.1 Å². The number of nitrogens with zero attached hydrogens (tertiary/aromatic N) is 4. The first-order valence-corrected chi connectivity index (χ1v) is 13.1. The highest BCUT2D eigenvalue weighted by molar-refractivity contribution is 5.84. The second-order valence-corrected chi connectivity index (χ2v) is 10.8. The third kappa shape index (κ3) is 4.43. The van der Waals surface area contributed by atoms with Crippen LogP contribution in [0.15, 0.2) is 36.7 Å². The van der Waals surface area contributed by atoms with Crippen LogP contribution in [-0.2, 0) is 11.2 Å². The van der Waals surface area contributed by atoms with Crippen LogP contribution in [0.25, 0.3) is 11.3 Å². The molecule has 1 spiro atoms. The number of ether oxygens (including phenoxy) is 1. The van der Waals surface area contributed by atoms with E-state index in [1.165, 1.54) is 37.1 Å². The molecule has 0 radical (unpaired) electrons. The van der Waals surface area contributed by atoms with Crippen LogP contribution >= 0.6 is 0 Å². The van der Waals surface area contributed by atoms with Crippen LogP contribution in [0.2, 0.25) is 0 Å². The lowest BCUT2D eigenvalue weighted by atomic mass is 9.86. The average molecular weight is 502 g/mol. The zero-order chi connectivity index (χ0) is 25.7. The zero-order valence-electron chi connectivity index (χ0n) is 21.6. The Morgan fingerprint density at radius 1 is 1.22 bits per heavy atom. The molecular formula is C29H32FN5O2. The van der Waals surface area contributed by atoms with Gasteiger partial charge in [0.1, 0.15) is 11.6 Å². The van der Waals surface area contributed by atoms with E-state index in [4.69, 9.17) is 14.7 Å². The van der Waals surface area contributed by atoms with E-state index < -0.39 is 11.7 Å². The standard InChI is InChI=1S/C29H32FN5O2/c1-17(22-13-26(37-3)32-15-24(22)30)28(36)35-11-10-29(16-35)9-8-20-12-23(18(2)33-27(20)34-29)25-7-6-21(14-31-25)19-4-5-19/h6-7,12-15,17,19H,4-5,8-11,16H2,1-3H3,(H,33,34)/t17-,29+/m1/s1. The van der Waals surface area contributed by atoms with Gasteiger partial charge in [0.05, 0.1) is 30.5 Å². The molecule has 3 aromatic rings. The molecule has 192 valence electrons. The summed E-state index contributed by atoms with van der Waals surface area (Å²) in [5.41, 5.74) is 5.58. The van der Waals surface area contributed by atoms with Crippen molar-refractivity contribution in [3.8, 4) is 17.1 Å². The molecule has 3 aromatic heterocycles. The molecule has 6 rings (SSSR count). The lowest BCUT2D eigenvalue weighted by Crippen LogP contribution is -2.46. The third-order valence-electron chi connectivity index (χ3n) is 8.23. The lowest BCUT2D eigenvalue weighted by molar-refractivity contribution is -0.131. The molecule has 2 aliphatic heterocycles. The van der Waals surface area contributed by atoms with Gasteiger partial charge < -0.3 is 15.0 Å². The molecule has 1 aliphatic carbocycles. The second kappa shape index (κ2) is 9.08. The summed E-state index contributed by atoms with van der Waals surface area (Å²) in [6.45, 7) is 4.97. The van der Waals surface area contributed by atoms with Gasteiger partial charge in [-0.05, 0) is 75.1 Å². The summed E-state index contributed by atoms with van der Waals surface area (Å²) >= 11 is 0. The van der Waals surface area contributed by atoms with Crippen molar-refractivity contribution < 1.29 is 13.9 Å². The number of hydrogen-bond acceptors (Lipinski definition) is 6. The highest BCUT2D eigenvalue weighted by Gasteiger charge is 2.43. The van der Waals surface area contributed by atoms with Crippen molar-refractivity contribution in [1.82, 2.24) is 19.9 Å². The number of amides is 1. The fourth-order valence-electron chi connectivity index (χ4n) is 5.77. The van der Waals surface area contributed by atoms with E-state index in [2.05, 4.69) is 28.5 Å². The van der Waals surface area contributed by atoms with Gasteiger partial charge in [0.2, 0.25) is 11.8 Å². The van der Waals surface area contributed by atoms with Gasteiger partial charge in [-0.3, -0.25) is 9.78 Å². The second-order valence-electron chi connectivity index (χ2n) is 10.8. The van der Waals surface area contributed by atoms with Crippen molar-refractivity contribution in [3.63, 3.8) is 0 Å². The third-order valence-corrected chi connectivity index (χ3v) is 8.23. The molecule has 0 bridgehead atoms. The number of fused-ring (bicyclic) bond motifs is 1. The Balaban J connectivity index is 1.18. The summed E-state index contributed by atoms with van der Waals surface area (Å²) in [5, 5.41) is 3.69. The maximum atomic E-state index is 14.5. The first-order chi connectivity index (χ1) is 17.9. The van der Waals surface area contributed by atoms with Crippen molar-refractivity contribution in [1.29, 1.82) is 0 Å². The van der Waals surface area contributed by atoms with E-state index >= 15 is 0 Å². The predicted octanol–water partition coefficient (Wildman–Crippen LogP) is 5.01. The summed E-state index contributed by atoms with van der Waals surface area (Å²) in [6, 6.07) is 8.05. The normalized spacial score (nSPS) is 21.5. The molecule has 0 unspecified atom stereocenters. The first-order valence-electron chi connectivity index (χ1n) is 13.1. The van der Waals surface area contributed by atoms with Crippen LogP contribution in [0.3, 0.4) is 0 Å². The Morgan fingerprint density at radius 3 is 2.78 bits per heavy atom. The Bertz CT molecular complexity index is 1360. The largest absolute Gasteiger partial charge is 0.481 e. The number of rotatable bonds is 5. The molecule has 3 aliphatic rings. The van der Waals surface area contributed by atoms with Crippen molar-refractivity contribution in [3.05, 3.63) is 64.9 Å². The number of nitrogens with one attached hydrogen (secondary N) is 1. The van der Waals surface area contributed by atoms with Gasteiger partial charge in [0.25, 0.3) is 0 Å². The number of likely N-dealkylation sites (tertiary alicyclic amines) is 1. The molecule has 7 nitrogen and oxygen atoms in total. The van der Waals surface area contributed by atoms with Crippen molar-refractivity contribution in [2.45, 2.75) is 63.3 Å². The fraction of sp³-hybridized carbons (Fsp3) is 0.448. The Morgan fingerprint density at radius 2 is 2.05 bits per heavy atom.